The number of nitro benzene ring substituents is 1. The van der Waals surface area contributed by atoms with E-state index in [1.165, 1.54) is 11.6 Å². The third kappa shape index (κ3) is 3.11. The predicted molar refractivity (Wildman–Crippen MR) is 113 cm³/mol. The van der Waals surface area contributed by atoms with Gasteiger partial charge in [-0.25, -0.2) is 4.98 Å². The van der Waals surface area contributed by atoms with Crippen LogP contribution in [-0.2, 0) is 12.8 Å². The third-order valence-corrected chi connectivity index (χ3v) is 5.93. The minimum Gasteiger partial charge on any atom is -0.454 e. The molecule has 2 N–H and O–H groups in total. The topological polar surface area (TPSA) is 124 Å². The zero-order valence-electron chi connectivity index (χ0n) is 16.5. The molecule has 0 saturated carbocycles. The molecule has 1 aliphatic heterocycles. The van der Waals surface area contributed by atoms with Crippen LogP contribution in [0.4, 0.5) is 11.5 Å². The van der Waals surface area contributed by atoms with Crippen LogP contribution in [0.5, 0.6) is 11.5 Å². The Morgan fingerprint density at radius 3 is 2.65 bits per heavy atom. The number of benzene rings is 2. The summed E-state index contributed by atoms with van der Waals surface area (Å²) in [5.41, 5.74) is 9.67. The number of nitrogens with two attached hydrogens (primary N) is 1. The fourth-order valence-electron chi connectivity index (χ4n) is 4.48. The summed E-state index contributed by atoms with van der Waals surface area (Å²) < 4.78 is 10.8. The van der Waals surface area contributed by atoms with Crippen molar-refractivity contribution in [1.82, 2.24) is 4.98 Å². The van der Waals surface area contributed by atoms with E-state index in [0.717, 1.165) is 17.7 Å². The van der Waals surface area contributed by atoms with Crippen molar-refractivity contribution >= 4 is 11.5 Å². The first kappa shape index (κ1) is 18.9. The number of nitrogen functional groups attached to an aromatic ring is 1. The maximum absolute atomic E-state index is 11.9. The van der Waals surface area contributed by atoms with E-state index in [1.807, 2.05) is 18.2 Å². The van der Waals surface area contributed by atoms with Gasteiger partial charge in [-0.2, -0.15) is 5.26 Å². The molecule has 3 aromatic rings. The number of nitro groups is 1. The maximum Gasteiger partial charge on any atom is 0.281 e. The Morgan fingerprint density at radius 2 is 1.94 bits per heavy atom. The summed E-state index contributed by atoms with van der Waals surface area (Å²) in [7, 11) is 0. The number of fused-ring (bicyclic) bond motifs is 2. The molecule has 2 aliphatic rings. The van der Waals surface area contributed by atoms with Gasteiger partial charge in [0.1, 0.15) is 17.5 Å². The van der Waals surface area contributed by atoms with Gasteiger partial charge in [-0.1, -0.05) is 30.3 Å². The molecule has 1 atom stereocenters. The van der Waals surface area contributed by atoms with E-state index in [1.54, 1.807) is 6.07 Å². The van der Waals surface area contributed by atoms with E-state index < -0.39 is 4.92 Å². The van der Waals surface area contributed by atoms with Crippen LogP contribution in [0, 0.1) is 21.4 Å². The summed E-state index contributed by atoms with van der Waals surface area (Å²) in [5, 5.41) is 21.8. The number of ether oxygens (including phenoxy) is 2. The Hall–Kier alpha value is -4.12. The molecule has 0 amide bonds. The number of pyridine rings is 1. The van der Waals surface area contributed by atoms with Crippen LogP contribution in [0.2, 0.25) is 0 Å². The van der Waals surface area contributed by atoms with E-state index in [2.05, 4.69) is 23.2 Å². The van der Waals surface area contributed by atoms with Gasteiger partial charge in [-0.05, 0) is 42.4 Å². The first-order valence-corrected chi connectivity index (χ1v) is 9.91. The molecular formula is C23H18N4O4. The monoisotopic (exact) mass is 414 g/mol. The van der Waals surface area contributed by atoms with Gasteiger partial charge in [0.05, 0.1) is 16.6 Å². The highest BCUT2D eigenvalue weighted by Gasteiger charge is 2.32. The number of anilines is 1. The highest BCUT2D eigenvalue weighted by molar-refractivity contribution is 5.86. The Labute approximate surface area is 178 Å². The number of hydrogen-bond acceptors (Lipinski definition) is 7. The van der Waals surface area contributed by atoms with Gasteiger partial charge in [-0.15, -0.1) is 0 Å². The van der Waals surface area contributed by atoms with E-state index in [0.29, 0.717) is 35.5 Å². The van der Waals surface area contributed by atoms with Gasteiger partial charge < -0.3 is 15.2 Å². The lowest BCUT2D eigenvalue weighted by atomic mass is 9.78. The normalized spacial score (nSPS) is 16.4. The minimum atomic E-state index is -0.473. The Balaban J connectivity index is 1.75. The van der Waals surface area contributed by atoms with Gasteiger partial charge in [0.15, 0.2) is 11.5 Å². The second kappa shape index (κ2) is 7.29. The van der Waals surface area contributed by atoms with Gasteiger partial charge >= 0.3 is 0 Å². The van der Waals surface area contributed by atoms with Crippen LogP contribution < -0.4 is 15.2 Å². The Morgan fingerprint density at radius 1 is 1.19 bits per heavy atom. The van der Waals surface area contributed by atoms with E-state index in [9.17, 15) is 15.4 Å². The molecule has 5 rings (SSSR count). The molecule has 0 saturated heterocycles. The van der Waals surface area contributed by atoms with Crippen molar-refractivity contribution < 1.29 is 14.4 Å². The number of hydrogen-bond donors (Lipinski definition) is 1. The molecule has 0 bridgehead atoms. The molecule has 1 unspecified atom stereocenters. The second-order valence-corrected chi connectivity index (χ2v) is 7.61. The average molecular weight is 414 g/mol. The van der Waals surface area contributed by atoms with Crippen LogP contribution in [0.15, 0.2) is 42.5 Å². The summed E-state index contributed by atoms with van der Waals surface area (Å²) in [6, 6.07) is 15.2. The van der Waals surface area contributed by atoms with Crippen molar-refractivity contribution in [2.24, 2.45) is 0 Å². The molecule has 31 heavy (non-hydrogen) atoms. The van der Waals surface area contributed by atoms with Crippen molar-refractivity contribution in [3.05, 3.63) is 75.0 Å². The summed E-state index contributed by atoms with van der Waals surface area (Å²) in [6.45, 7) is -0.00623. The molecule has 8 heteroatoms. The zero-order chi connectivity index (χ0) is 21.5. The summed E-state index contributed by atoms with van der Waals surface area (Å²) in [4.78, 5) is 15.9. The Bertz CT molecular complexity index is 1250. The standard InChI is InChI=1S/C23H18N4O4/c24-11-17-22(16-9-20-21(31-12-30-20)10-19(16)27(28)29)15-8-14(13-4-2-1-3-5-13)6-7-18(15)26-23(17)25/h1-5,9-10,14H,6-8,12H2,(H2,25,26). The van der Waals surface area contributed by atoms with Gasteiger partial charge in [0.2, 0.25) is 6.79 Å². The highest BCUT2D eigenvalue weighted by atomic mass is 16.7. The van der Waals surface area contributed by atoms with Crippen molar-refractivity contribution in [2.75, 3.05) is 12.5 Å². The van der Waals surface area contributed by atoms with Crippen LogP contribution in [-0.4, -0.2) is 16.7 Å². The molecule has 1 aromatic heterocycles. The predicted octanol–water partition coefficient (Wildman–Crippen LogP) is 4.11. The first-order chi connectivity index (χ1) is 15.1. The van der Waals surface area contributed by atoms with Crippen LogP contribution in [0.25, 0.3) is 11.1 Å². The number of rotatable bonds is 3. The first-order valence-electron chi connectivity index (χ1n) is 9.91. The SMILES string of the molecule is N#Cc1c(N)nc2c(c1-c1cc3c(cc1[N+](=O)[O-])OCO3)CC(c1ccccc1)CC2. The minimum absolute atomic E-state index is 0.00623. The number of nitrogens with zero attached hydrogens (tertiary/aromatic N) is 3. The highest BCUT2D eigenvalue weighted by Crippen LogP contribution is 2.47. The molecule has 1 aliphatic carbocycles. The van der Waals surface area contributed by atoms with Crippen LogP contribution in [0.1, 0.15) is 34.7 Å². The molecule has 8 nitrogen and oxygen atoms in total. The number of aryl methyl sites for hydroxylation is 1. The van der Waals surface area contributed by atoms with Crippen LogP contribution in [0.3, 0.4) is 0 Å². The van der Waals surface area contributed by atoms with Crippen molar-refractivity contribution in [3.63, 3.8) is 0 Å². The molecule has 154 valence electrons. The van der Waals surface area contributed by atoms with Gasteiger partial charge in [-0.3, -0.25) is 10.1 Å². The lowest BCUT2D eigenvalue weighted by molar-refractivity contribution is -0.384. The van der Waals surface area contributed by atoms with E-state index >= 15 is 0 Å². The lowest BCUT2D eigenvalue weighted by Crippen LogP contribution is -2.18. The molecule has 2 heterocycles. The maximum atomic E-state index is 11.9. The Kier molecular flexibility index (Phi) is 4.44. The van der Waals surface area contributed by atoms with Gasteiger partial charge in [0.25, 0.3) is 5.69 Å². The number of nitriles is 1. The molecule has 0 radical (unpaired) electrons. The zero-order valence-corrected chi connectivity index (χ0v) is 16.5. The third-order valence-electron chi connectivity index (χ3n) is 5.93. The summed E-state index contributed by atoms with van der Waals surface area (Å²) in [6.07, 6.45) is 2.18. The molecule has 0 spiro atoms. The smallest absolute Gasteiger partial charge is 0.281 e. The summed E-state index contributed by atoms with van der Waals surface area (Å²) >= 11 is 0. The number of aromatic nitrogens is 1. The van der Waals surface area contributed by atoms with Crippen molar-refractivity contribution in [1.29, 1.82) is 5.26 Å². The van der Waals surface area contributed by atoms with Crippen molar-refractivity contribution in [2.45, 2.75) is 25.2 Å². The van der Waals surface area contributed by atoms with Crippen LogP contribution >= 0.6 is 0 Å². The average Bonchev–Trinajstić information content (AvgIpc) is 3.25. The largest absolute Gasteiger partial charge is 0.454 e. The molecule has 2 aromatic carbocycles. The van der Waals surface area contributed by atoms with E-state index in [-0.39, 0.29) is 29.8 Å². The molecular weight excluding hydrogens is 396 g/mol. The van der Waals surface area contributed by atoms with Crippen molar-refractivity contribution in [3.8, 4) is 28.7 Å². The second-order valence-electron chi connectivity index (χ2n) is 7.61. The fourth-order valence-corrected chi connectivity index (χ4v) is 4.48. The molecule has 0 fully saturated rings. The fraction of sp³-hybridized carbons (Fsp3) is 0.217. The lowest BCUT2D eigenvalue weighted by Gasteiger charge is -2.27. The summed E-state index contributed by atoms with van der Waals surface area (Å²) in [5.74, 6) is 1.02. The quantitative estimate of drug-likeness (QED) is 0.505. The van der Waals surface area contributed by atoms with E-state index in [4.69, 9.17) is 15.2 Å². The van der Waals surface area contributed by atoms with Gasteiger partial charge in [0, 0.05) is 11.3 Å².